The van der Waals surface area contributed by atoms with Crippen LogP contribution in [0.1, 0.15) is 54.4 Å². The van der Waals surface area contributed by atoms with Crippen LogP contribution in [-0.2, 0) is 9.53 Å². The van der Waals surface area contributed by atoms with Gasteiger partial charge in [0.15, 0.2) is 0 Å². The second kappa shape index (κ2) is 7.00. The first-order chi connectivity index (χ1) is 7.60. The predicted octanol–water partition coefficient (Wildman–Crippen LogP) is 2.99. The van der Waals surface area contributed by atoms with E-state index in [1.54, 1.807) is 0 Å². The largest absolute Gasteiger partial charge is 0.371 e. The van der Waals surface area contributed by atoms with Gasteiger partial charge in [0.1, 0.15) is 6.61 Å². The molecule has 0 aliphatic heterocycles. The number of carbonyl (C=O) groups excluding carboxylic acids is 1. The van der Waals surface area contributed by atoms with Crippen LogP contribution in [0.25, 0.3) is 0 Å². The Morgan fingerprint density at radius 3 is 2.12 bits per heavy atom. The number of hydrogen-bond donors (Lipinski definition) is 1. The van der Waals surface area contributed by atoms with Gasteiger partial charge in [-0.15, -0.1) is 0 Å². The van der Waals surface area contributed by atoms with Gasteiger partial charge in [0.25, 0.3) is 0 Å². The van der Waals surface area contributed by atoms with E-state index in [0.717, 1.165) is 19.4 Å². The van der Waals surface area contributed by atoms with E-state index < -0.39 is 0 Å². The van der Waals surface area contributed by atoms with E-state index in [9.17, 15) is 4.79 Å². The molecule has 0 unspecified atom stereocenters. The highest BCUT2D eigenvalue weighted by atomic mass is 16.5. The van der Waals surface area contributed by atoms with Crippen molar-refractivity contribution in [3.8, 4) is 0 Å². The van der Waals surface area contributed by atoms with Gasteiger partial charge in [-0.1, -0.05) is 41.5 Å². The van der Waals surface area contributed by atoms with Gasteiger partial charge in [-0.05, 0) is 23.7 Å². The van der Waals surface area contributed by atoms with Gasteiger partial charge in [-0.25, -0.2) is 0 Å². The van der Waals surface area contributed by atoms with Gasteiger partial charge >= 0.3 is 0 Å². The van der Waals surface area contributed by atoms with Crippen LogP contribution in [0.4, 0.5) is 0 Å². The van der Waals surface area contributed by atoms with Gasteiger partial charge in [0.05, 0.1) is 6.61 Å². The molecule has 3 nitrogen and oxygen atoms in total. The number of carbonyl (C=O) groups is 1. The van der Waals surface area contributed by atoms with Crippen molar-refractivity contribution in [3.05, 3.63) is 0 Å². The Morgan fingerprint density at radius 1 is 1.06 bits per heavy atom. The molecule has 17 heavy (non-hydrogen) atoms. The molecule has 0 saturated heterocycles. The zero-order chi connectivity index (χ0) is 13.5. The molecule has 0 heterocycles. The van der Waals surface area contributed by atoms with Gasteiger partial charge < -0.3 is 10.1 Å². The average Bonchev–Trinajstić information content (AvgIpc) is 2.09. The number of rotatable bonds is 6. The summed E-state index contributed by atoms with van der Waals surface area (Å²) in [7, 11) is 0. The summed E-state index contributed by atoms with van der Waals surface area (Å²) in [5.41, 5.74) is 0.458. The predicted molar refractivity (Wildman–Crippen MR) is 72.0 cm³/mol. The Kier molecular flexibility index (Phi) is 6.76. The molecular formula is C14H29NO2. The third-order valence-corrected chi connectivity index (χ3v) is 2.19. The van der Waals surface area contributed by atoms with Crippen molar-refractivity contribution in [2.24, 2.45) is 10.8 Å². The lowest BCUT2D eigenvalue weighted by atomic mass is 9.91. The van der Waals surface area contributed by atoms with E-state index in [4.69, 9.17) is 4.74 Å². The van der Waals surface area contributed by atoms with E-state index in [1.165, 1.54) is 0 Å². The van der Waals surface area contributed by atoms with Crippen LogP contribution < -0.4 is 5.32 Å². The Morgan fingerprint density at radius 2 is 1.65 bits per heavy atom. The van der Waals surface area contributed by atoms with Crippen LogP contribution in [0.5, 0.6) is 0 Å². The van der Waals surface area contributed by atoms with E-state index >= 15 is 0 Å². The molecule has 0 aliphatic rings. The van der Waals surface area contributed by atoms with Gasteiger partial charge in [-0.3, -0.25) is 4.79 Å². The molecule has 0 atom stereocenters. The van der Waals surface area contributed by atoms with Crippen molar-refractivity contribution in [2.45, 2.75) is 54.4 Å². The van der Waals surface area contributed by atoms with Crippen LogP contribution in [0, 0.1) is 10.8 Å². The lowest BCUT2D eigenvalue weighted by Gasteiger charge is -2.19. The van der Waals surface area contributed by atoms with Crippen LogP contribution in [-0.4, -0.2) is 25.7 Å². The third-order valence-electron chi connectivity index (χ3n) is 2.19. The summed E-state index contributed by atoms with van der Waals surface area (Å²) in [6.07, 6.45) is 2.14. The van der Waals surface area contributed by atoms with E-state index in [0.29, 0.717) is 12.0 Å². The van der Waals surface area contributed by atoms with Crippen molar-refractivity contribution in [3.63, 3.8) is 0 Å². The maximum absolute atomic E-state index is 11.4. The third kappa shape index (κ3) is 13.4. The number of amides is 1. The molecule has 0 aromatic carbocycles. The van der Waals surface area contributed by atoms with Crippen molar-refractivity contribution < 1.29 is 9.53 Å². The highest BCUT2D eigenvalue weighted by molar-refractivity contribution is 5.77. The Hall–Kier alpha value is -0.570. The average molecular weight is 243 g/mol. The van der Waals surface area contributed by atoms with E-state index in [-0.39, 0.29) is 17.9 Å². The number of ether oxygens (including phenoxy) is 1. The highest BCUT2D eigenvalue weighted by Crippen LogP contribution is 2.19. The lowest BCUT2D eigenvalue weighted by molar-refractivity contribution is -0.126. The minimum Gasteiger partial charge on any atom is -0.371 e. The molecule has 0 aromatic heterocycles. The molecule has 0 radical (unpaired) electrons. The monoisotopic (exact) mass is 243 g/mol. The molecule has 0 spiro atoms. The van der Waals surface area contributed by atoms with Crippen LogP contribution >= 0.6 is 0 Å². The van der Waals surface area contributed by atoms with Gasteiger partial charge in [0, 0.05) is 6.54 Å². The molecule has 1 amide bonds. The smallest absolute Gasteiger partial charge is 0.245 e. The molecule has 1 N–H and O–H groups in total. The summed E-state index contributed by atoms with van der Waals surface area (Å²) < 4.78 is 5.35. The van der Waals surface area contributed by atoms with E-state index in [2.05, 4.69) is 46.9 Å². The van der Waals surface area contributed by atoms with Crippen molar-refractivity contribution in [1.29, 1.82) is 0 Å². The molecule has 0 aromatic rings. The molecular weight excluding hydrogens is 214 g/mol. The number of hydrogen-bond acceptors (Lipinski definition) is 2. The van der Waals surface area contributed by atoms with Crippen molar-refractivity contribution in [1.82, 2.24) is 5.32 Å². The summed E-state index contributed by atoms with van der Waals surface area (Å²) in [6.45, 7) is 14.4. The van der Waals surface area contributed by atoms with Crippen molar-refractivity contribution in [2.75, 3.05) is 19.8 Å². The summed E-state index contributed by atoms with van der Waals surface area (Å²) in [5, 5.41) is 2.88. The van der Waals surface area contributed by atoms with Crippen LogP contribution in [0.3, 0.4) is 0 Å². The first kappa shape index (κ1) is 16.4. The van der Waals surface area contributed by atoms with E-state index in [1.807, 2.05) is 0 Å². The quantitative estimate of drug-likeness (QED) is 0.728. The SMILES string of the molecule is CC(C)(C)CCCNC(=O)COCC(C)(C)C. The normalized spacial score (nSPS) is 12.6. The zero-order valence-electron chi connectivity index (χ0n) is 12.4. The van der Waals surface area contributed by atoms with Gasteiger partial charge in [-0.2, -0.15) is 0 Å². The molecule has 0 saturated carbocycles. The molecule has 0 fully saturated rings. The minimum atomic E-state index is -0.0110. The lowest BCUT2D eigenvalue weighted by Crippen LogP contribution is -2.30. The van der Waals surface area contributed by atoms with Gasteiger partial charge in [0.2, 0.25) is 5.91 Å². The summed E-state index contributed by atoms with van der Waals surface area (Å²) in [6, 6.07) is 0. The standard InChI is InChI=1S/C14H29NO2/c1-13(2,3)8-7-9-15-12(16)10-17-11-14(4,5)6/h7-11H2,1-6H3,(H,15,16). The number of nitrogens with one attached hydrogen (secondary N) is 1. The first-order valence-electron chi connectivity index (χ1n) is 6.45. The summed E-state index contributed by atoms with van der Waals surface area (Å²) in [4.78, 5) is 11.4. The Labute approximate surface area is 106 Å². The Bertz CT molecular complexity index is 223. The Balaban J connectivity index is 3.48. The summed E-state index contributed by atoms with van der Waals surface area (Å²) in [5.74, 6) is -0.0110. The maximum Gasteiger partial charge on any atom is 0.245 e. The zero-order valence-corrected chi connectivity index (χ0v) is 12.4. The fraction of sp³-hybridized carbons (Fsp3) is 0.929. The maximum atomic E-state index is 11.4. The topological polar surface area (TPSA) is 38.3 Å². The molecule has 0 rings (SSSR count). The molecule has 3 heteroatoms. The second-order valence-electron chi connectivity index (χ2n) is 7.07. The second-order valence-corrected chi connectivity index (χ2v) is 7.07. The van der Waals surface area contributed by atoms with Crippen LogP contribution in [0.2, 0.25) is 0 Å². The van der Waals surface area contributed by atoms with Crippen molar-refractivity contribution >= 4 is 5.91 Å². The summed E-state index contributed by atoms with van der Waals surface area (Å²) >= 11 is 0. The van der Waals surface area contributed by atoms with Crippen LogP contribution in [0.15, 0.2) is 0 Å². The fourth-order valence-electron chi connectivity index (χ4n) is 1.35. The fourth-order valence-corrected chi connectivity index (χ4v) is 1.35. The first-order valence-corrected chi connectivity index (χ1v) is 6.45. The highest BCUT2D eigenvalue weighted by Gasteiger charge is 2.12. The minimum absolute atomic E-state index is 0.0110. The molecule has 0 aliphatic carbocycles. The molecule has 102 valence electrons. The molecule has 0 bridgehead atoms.